The van der Waals surface area contributed by atoms with E-state index in [0.29, 0.717) is 18.7 Å². The fourth-order valence-corrected chi connectivity index (χ4v) is 5.09. The van der Waals surface area contributed by atoms with E-state index < -0.39 is 0 Å². The number of benzene rings is 2. The number of carbonyl (C=O) groups is 1. The van der Waals surface area contributed by atoms with Gasteiger partial charge in [-0.3, -0.25) is 9.69 Å². The summed E-state index contributed by atoms with van der Waals surface area (Å²) in [6.45, 7) is 1.37. The third-order valence-corrected chi connectivity index (χ3v) is 7.07. The van der Waals surface area contributed by atoms with Crippen LogP contribution >= 0.6 is 47.3 Å². The van der Waals surface area contributed by atoms with E-state index in [1.54, 1.807) is 51.9 Å². The Morgan fingerprint density at radius 3 is 2.47 bits per heavy atom. The van der Waals surface area contributed by atoms with Crippen LogP contribution in [0.15, 0.2) is 52.3 Å². The molecule has 0 spiro atoms. The molecule has 0 N–H and O–H groups in total. The molecule has 30 heavy (non-hydrogen) atoms. The van der Waals surface area contributed by atoms with Crippen molar-refractivity contribution in [2.24, 2.45) is 0 Å². The van der Waals surface area contributed by atoms with Gasteiger partial charge in [-0.05, 0) is 62.8 Å². The molecule has 1 amide bonds. The summed E-state index contributed by atoms with van der Waals surface area (Å²) in [4.78, 5) is 23.7. The van der Waals surface area contributed by atoms with Crippen molar-refractivity contribution in [2.75, 3.05) is 44.1 Å². The second-order valence-corrected chi connectivity index (χ2v) is 9.79. The Labute approximate surface area is 195 Å². The van der Waals surface area contributed by atoms with Crippen LogP contribution in [0.1, 0.15) is 6.42 Å². The van der Waals surface area contributed by atoms with E-state index in [2.05, 4.69) is 23.3 Å². The smallest absolute Gasteiger partial charge is 0.229 e. The molecule has 1 aromatic heterocycles. The van der Waals surface area contributed by atoms with E-state index in [1.165, 1.54) is 17.0 Å². The molecule has 0 saturated carbocycles. The topological polar surface area (TPSA) is 36.4 Å². The van der Waals surface area contributed by atoms with Crippen molar-refractivity contribution < 1.29 is 9.18 Å². The van der Waals surface area contributed by atoms with Crippen molar-refractivity contribution in [2.45, 2.75) is 16.2 Å². The average Bonchev–Trinajstić information content (AvgIpc) is 3.12. The van der Waals surface area contributed by atoms with Crippen LogP contribution in [0.5, 0.6) is 0 Å². The number of aromatic nitrogens is 1. The van der Waals surface area contributed by atoms with E-state index in [1.807, 2.05) is 20.2 Å². The molecule has 4 nitrogen and oxygen atoms in total. The SMILES string of the molecule is CSc1ccc2nc(N(CCN(C)C)C(=O)CCSc3ccc(F)cc3)sc2c1.Cl. The zero-order valence-electron chi connectivity index (χ0n) is 17.1. The minimum Gasteiger partial charge on any atom is -0.308 e. The molecule has 0 atom stereocenters. The second-order valence-electron chi connectivity index (χ2n) is 6.73. The van der Waals surface area contributed by atoms with Gasteiger partial charge < -0.3 is 4.90 Å². The van der Waals surface area contributed by atoms with Gasteiger partial charge >= 0.3 is 0 Å². The largest absolute Gasteiger partial charge is 0.308 e. The zero-order chi connectivity index (χ0) is 20.8. The maximum absolute atomic E-state index is 13.0. The summed E-state index contributed by atoms with van der Waals surface area (Å²) in [5, 5.41) is 0.747. The molecule has 3 rings (SSSR count). The summed E-state index contributed by atoms with van der Waals surface area (Å²) in [5.74, 6) is 0.455. The van der Waals surface area contributed by atoms with Crippen LogP contribution in [0.3, 0.4) is 0 Å². The molecule has 0 bridgehead atoms. The number of halogens is 2. The quantitative estimate of drug-likeness (QED) is 0.366. The highest BCUT2D eigenvalue weighted by Crippen LogP contribution is 2.32. The van der Waals surface area contributed by atoms with E-state index in [-0.39, 0.29) is 24.1 Å². The van der Waals surface area contributed by atoms with Crippen molar-refractivity contribution in [1.29, 1.82) is 0 Å². The number of amides is 1. The highest BCUT2D eigenvalue weighted by atomic mass is 35.5. The molecule has 0 aliphatic heterocycles. The molecule has 0 saturated heterocycles. The fourth-order valence-electron chi connectivity index (χ4n) is 2.68. The monoisotopic (exact) mass is 485 g/mol. The predicted molar refractivity (Wildman–Crippen MR) is 131 cm³/mol. The zero-order valence-corrected chi connectivity index (χ0v) is 20.4. The van der Waals surface area contributed by atoms with Crippen molar-refractivity contribution >= 4 is 68.5 Å². The van der Waals surface area contributed by atoms with Gasteiger partial charge in [0, 0.05) is 35.1 Å². The number of likely N-dealkylation sites (N-methyl/N-ethyl adjacent to an activating group) is 1. The van der Waals surface area contributed by atoms with Crippen LogP contribution in [-0.2, 0) is 4.79 Å². The van der Waals surface area contributed by atoms with Gasteiger partial charge in [0.25, 0.3) is 0 Å². The van der Waals surface area contributed by atoms with Crippen LogP contribution in [-0.4, -0.2) is 55.0 Å². The van der Waals surface area contributed by atoms with Gasteiger partial charge in [-0.2, -0.15) is 0 Å². The number of carbonyl (C=O) groups excluding carboxylic acids is 1. The lowest BCUT2D eigenvalue weighted by Gasteiger charge is -2.22. The lowest BCUT2D eigenvalue weighted by atomic mass is 10.3. The van der Waals surface area contributed by atoms with E-state index in [9.17, 15) is 9.18 Å². The molecule has 2 aromatic carbocycles. The molecular formula is C21H25ClFN3OS3. The molecule has 0 unspecified atom stereocenters. The first-order chi connectivity index (χ1) is 14.0. The van der Waals surface area contributed by atoms with Gasteiger partial charge in [0.1, 0.15) is 5.82 Å². The number of nitrogens with zero attached hydrogens (tertiary/aromatic N) is 3. The summed E-state index contributed by atoms with van der Waals surface area (Å²) in [6.07, 6.45) is 2.45. The summed E-state index contributed by atoms with van der Waals surface area (Å²) in [6, 6.07) is 12.6. The van der Waals surface area contributed by atoms with E-state index in [0.717, 1.165) is 26.8 Å². The second kappa shape index (κ2) is 11.9. The van der Waals surface area contributed by atoms with Gasteiger partial charge in [-0.1, -0.05) is 11.3 Å². The number of hydrogen-bond acceptors (Lipinski definition) is 6. The van der Waals surface area contributed by atoms with Crippen LogP contribution in [0, 0.1) is 5.82 Å². The Bertz CT molecular complexity index is 966. The lowest BCUT2D eigenvalue weighted by molar-refractivity contribution is -0.118. The summed E-state index contributed by atoms with van der Waals surface area (Å²) in [7, 11) is 3.99. The Balaban J connectivity index is 0.00000320. The Hall–Kier alpha value is -1.32. The molecule has 9 heteroatoms. The number of thioether (sulfide) groups is 2. The highest BCUT2D eigenvalue weighted by Gasteiger charge is 2.20. The number of rotatable bonds is 9. The van der Waals surface area contributed by atoms with Gasteiger partial charge in [-0.25, -0.2) is 9.37 Å². The molecular weight excluding hydrogens is 461 g/mol. The molecule has 1 heterocycles. The van der Waals surface area contributed by atoms with Crippen molar-refractivity contribution in [3.63, 3.8) is 0 Å². The van der Waals surface area contributed by atoms with Crippen molar-refractivity contribution in [1.82, 2.24) is 9.88 Å². The van der Waals surface area contributed by atoms with Crippen LogP contribution in [0.25, 0.3) is 10.2 Å². The molecule has 0 fully saturated rings. The van der Waals surface area contributed by atoms with Gasteiger partial charge in [0.2, 0.25) is 5.91 Å². The Morgan fingerprint density at radius 1 is 1.10 bits per heavy atom. The van der Waals surface area contributed by atoms with Crippen LogP contribution < -0.4 is 4.90 Å². The van der Waals surface area contributed by atoms with Crippen LogP contribution in [0.4, 0.5) is 9.52 Å². The minimum atomic E-state index is -0.249. The molecule has 3 aromatic rings. The van der Waals surface area contributed by atoms with E-state index in [4.69, 9.17) is 4.98 Å². The molecule has 0 radical (unpaired) electrons. The number of fused-ring (bicyclic) bond motifs is 1. The summed E-state index contributed by atoms with van der Waals surface area (Å²) < 4.78 is 14.1. The Morgan fingerprint density at radius 2 is 1.80 bits per heavy atom. The lowest BCUT2D eigenvalue weighted by Crippen LogP contribution is -2.36. The average molecular weight is 486 g/mol. The number of anilines is 1. The van der Waals surface area contributed by atoms with Crippen molar-refractivity contribution in [3.05, 3.63) is 48.3 Å². The molecule has 0 aliphatic carbocycles. The molecule has 0 aliphatic rings. The normalized spacial score (nSPS) is 11.0. The maximum atomic E-state index is 13.0. The maximum Gasteiger partial charge on any atom is 0.229 e. The standard InChI is InChI=1S/C21H24FN3OS3.ClH/c1-24(2)11-12-25(20(26)10-13-28-16-6-4-15(22)5-7-16)21-23-18-9-8-17(27-3)14-19(18)29-21;/h4-9,14H,10-13H2,1-3H3;1H. The third-order valence-electron chi connectivity index (χ3n) is 4.29. The summed E-state index contributed by atoms with van der Waals surface area (Å²) in [5.41, 5.74) is 0.922. The molecule has 162 valence electrons. The third kappa shape index (κ3) is 6.85. The number of thiazole rings is 1. The first kappa shape index (κ1) is 24.9. The fraction of sp³-hybridized carbons (Fsp3) is 0.333. The predicted octanol–water partition coefficient (Wildman–Crippen LogP) is 5.66. The number of hydrogen-bond donors (Lipinski definition) is 0. The van der Waals surface area contributed by atoms with Gasteiger partial charge in [-0.15, -0.1) is 35.9 Å². The Kier molecular flexibility index (Phi) is 9.90. The minimum absolute atomic E-state index is 0. The van der Waals surface area contributed by atoms with E-state index >= 15 is 0 Å². The van der Waals surface area contributed by atoms with Gasteiger partial charge in [0.15, 0.2) is 5.13 Å². The highest BCUT2D eigenvalue weighted by molar-refractivity contribution is 7.99. The van der Waals surface area contributed by atoms with Crippen molar-refractivity contribution in [3.8, 4) is 0 Å². The first-order valence-electron chi connectivity index (χ1n) is 9.24. The summed E-state index contributed by atoms with van der Waals surface area (Å²) >= 11 is 4.82. The van der Waals surface area contributed by atoms with Crippen LogP contribution in [0.2, 0.25) is 0 Å². The first-order valence-corrected chi connectivity index (χ1v) is 12.3. The van der Waals surface area contributed by atoms with Gasteiger partial charge in [0.05, 0.1) is 10.2 Å².